The van der Waals surface area contributed by atoms with Crippen molar-refractivity contribution >= 4 is 40.4 Å². The van der Waals surface area contributed by atoms with Crippen LogP contribution < -0.4 is 19.7 Å². The predicted octanol–water partition coefficient (Wildman–Crippen LogP) is 5.53. The number of ether oxygens (including phenoxy) is 2. The molecule has 1 N–H and O–H groups in total. The van der Waals surface area contributed by atoms with Crippen LogP contribution in [0, 0.1) is 0 Å². The lowest BCUT2D eigenvalue weighted by Gasteiger charge is -2.20. The van der Waals surface area contributed by atoms with Gasteiger partial charge in [0.05, 0.1) is 29.5 Å². The van der Waals surface area contributed by atoms with E-state index in [-0.39, 0.29) is 17.4 Å². The molecule has 0 aromatic heterocycles. The molecule has 3 aromatic rings. The molecule has 0 atom stereocenters. The number of benzene rings is 3. The number of anilines is 2. The fourth-order valence-corrected chi connectivity index (χ4v) is 3.88. The molecular weight excluding hydrogens is 440 g/mol. The molecule has 0 fully saturated rings. The summed E-state index contributed by atoms with van der Waals surface area (Å²) < 4.78 is 11.1. The Bertz CT molecular complexity index is 1240. The van der Waals surface area contributed by atoms with Crippen molar-refractivity contribution in [2.24, 2.45) is 0 Å². The molecule has 0 radical (unpaired) electrons. The summed E-state index contributed by atoms with van der Waals surface area (Å²) in [5.74, 6) is 0.0451. The highest BCUT2D eigenvalue weighted by Gasteiger charge is 2.41. The molecule has 1 aliphatic heterocycles. The monoisotopic (exact) mass is 462 g/mol. The smallest absolute Gasteiger partial charge is 0.282 e. The Balaban J connectivity index is 1.80. The molecule has 7 heteroatoms. The Kier molecular flexibility index (Phi) is 6.38. The molecule has 2 amide bonds. The maximum atomic E-state index is 13.6. The van der Waals surface area contributed by atoms with Crippen molar-refractivity contribution in [2.75, 3.05) is 17.3 Å². The van der Waals surface area contributed by atoms with Crippen LogP contribution in [0.3, 0.4) is 0 Å². The molecule has 1 heterocycles. The normalized spacial score (nSPS) is 13.7. The standard InChI is InChI=1S/C26H23ClN2O4/c1-16(2)33-22-12-8-7-11-20(22)29-25(30)23(17-9-5-4-6-10-17)24(26(29)31)28-18-13-14-21(32-3)19(27)15-18/h4-16,28H,1-3H3. The highest BCUT2D eigenvalue weighted by Crippen LogP contribution is 2.38. The van der Waals surface area contributed by atoms with Gasteiger partial charge >= 0.3 is 0 Å². The van der Waals surface area contributed by atoms with Gasteiger partial charge < -0.3 is 14.8 Å². The van der Waals surface area contributed by atoms with E-state index < -0.39 is 11.8 Å². The first kappa shape index (κ1) is 22.4. The maximum Gasteiger partial charge on any atom is 0.282 e. The Hall–Kier alpha value is -3.77. The number of imide groups is 1. The number of para-hydroxylation sites is 2. The minimum atomic E-state index is -0.481. The summed E-state index contributed by atoms with van der Waals surface area (Å²) in [5, 5.41) is 3.49. The second-order valence-corrected chi connectivity index (χ2v) is 8.08. The van der Waals surface area contributed by atoms with Crippen molar-refractivity contribution in [3.8, 4) is 11.5 Å². The van der Waals surface area contributed by atoms with E-state index in [2.05, 4.69) is 5.32 Å². The third-order valence-corrected chi connectivity index (χ3v) is 5.33. The lowest BCUT2D eigenvalue weighted by molar-refractivity contribution is -0.120. The first-order valence-electron chi connectivity index (χ1n) is 10.5. The number of amides is 2. The largest absolute Gasteiger partial charge is 0.495 e. The zero-order valence-electron chi connectivity index (χ0n) is 18.5. The quantitative estimate of drug-likeness (QED) is 0.467. The number of methoxy groups -OCH3 is 1. The minimum Gasteiger partial charge on any atom is -0.495 e. The zero-order chi connectivity index (χ0) is 23.5. The van der Waals surface area contributed by atoms with Gasteiger partial charge in [-0.1, -0.05) is 54.1 Å². The molecule has 4 rings (SSSR count). The number of hydrogen-bond donors (Lipinski definition) is 1. The molecule has 0 aliphatic carbocycles. The molecule has 0 saturated carbocycles. The average Bonchev–Trinajstić information content (AvgIpc) is 3.04. The molecule has 1 aliphatic rings. The van der Waals surface area contributed by atoms with E-state index in [0.29, 0.717) is 33.5 Å². The number of carbonyl (C=O) groups is 2. The van der Waals surface area contributed by atoms with Gasteiger partial charge in [0.2, 0.25) is 0 Å². The van der Waals surface area contributed by atoms with Gasteiger partial charge in [0.15, 0.2) is 0 Å². The molecule has 0 unspecified atom stereocenters. The van der Waals surface area contributed by atoms with Crippen LogP contribution in [0.2, 0.25) is 5.02 Å². The van der Waals surface area contributed by atoms with Gasteiger partial charge in [-0.25, -0.2) is 4.90 Å². The number of nitrogens with zero attached hydrogens (tertiary/aromatic N) is 1. The fraction of sp³-hybridized carbons (Fsp3) is 0.154. The average molecular weight is 463 g/mol. The number of halogens is 1. The number of hydrogen-bond acceptors (Lipinski definition) is 5. The van der Waals surface area contributed by atoms with Crippen molar-refractivity contribution in [1.82, 2.24) is 0 Å². The van der Waals surface area contributed by atoms with Gasteiger partial charge in [-0.3, -0.25) is 9.59 Å². The lowest BCUT2D eigenvalue weighted by Crippen LogP contribution is -2.33. The second kappa shape index (κ2) is 9.38. The number of carbonyl (C=O) groups excluding carboxylic acids is 2. The summed E-state index contributed by atoms with van der Waals surface area (Å²) in [7, 11) is 1.53. The third-order valence-electron chi connectivity index (χ3n) is 5.04. The van der Waals surface area contributed by atoms with Crippen molar-refractivity contribution in [2.45, 2.75) is 20.0 Å². The van der Waals surface area contributed by atoms with Crippen LogP contribution in [-0.4, -0.2) is 25.0 Å². The van der Waals surface area contributed by atoms with Crippen LogP contribution in [0.15, 0.2) is 78.5 Å². The number of rotatable bonds is 7. The van der Waals surface area contributed by atoms with Gasteiger partial charge in [0.1, 0.15) is 17.2 Å². The van der Waals surface area contributed by atoms with Crippen LogP contribution in [0.25, 0.3) is 5.57 Å². The first-order valence-corrected chi connectivity index (χ1v) is 10.8. The Labute approximate surface area is 197 Å². The summed E-state index contributed by atoms with van der Waals surface area (Å²) >= 11 is 6.27. The third kappa shape index (κ3) is 4.43. The highest BCUT2D eigenvalue weighted by molar-refractivity contribution is 6.46. The van der Waals surface area contributed by atoms with Crippen LogP contribution in [-0.2, 0) is 9.59 Å². The van der Waals surface area contributed by atoms with Crippen LogP contribution in [0.5, 0.6) is 11.5 Å². The SMILES string of the molecule is COc1ccc(NC2=C(c3ccccc3)C(=O)N(c3ccccc3OC(C)C)C2=O)cc1Cl. The van der Waals surface area contributed by atoms with E-state index in [1.54, 1.807) is 54.6 Å². The van der Waals surface area contributed by atoms with Crippen LogP contribution in [0.1, 0.15) is 19.4 Å². The van der Waals surface area contributed by atoms with Crippen molar-refractivity contribution in [3.05, 3.63) is 89.1 Å². The molecule has 0 saturated heterocycles. The molecule has 0 spiro atoms. The van der Waals surface area contributed by atoms with E-state index >= 15 is 0 Å². The Morgan fingerprint density at radius 1 is 0.879 bits per heavy atom. The van der Waals surface area contributed by atoms with Gasteiger partial charge in [0, 0.05) is 5.69 Å². The van der Waals surface area contributed by atoms with Gasteiger partial charge in [-0.05, 0) is 49.7 Å². The van der Waals surface area contributed by atoms with E-state index in [4.69, 9.17) is 21.1 Å². The summed E-state index contributed by atoms with van der Waals surface area (Å²) in [4.78, 5) is 28.4. The molecule has 168 valence electrons. The summed E-state index contributed by atoms with van der Waals surface area (Å²) in [6.45, 7) is 3.77. The summed E-state index contributed by atoms with van der Waals surface area (Å²) in [6, 6.07) is 21.2. The highest BCUT2D eigenvalue weighted by atomic mass is 35.5. The maximum absolute atomic E-state index is 13.6. The topological polar surface area (TPSA) is 67.9 Å². The van der Waals surface area contributed by atoms with Crippen molar-refractivity contribution in [1.29, 1.82) is 0 Å². The van der Waals surface area contributed by atoms with Crippen molar-refractivity contribution in [3.63, 3.8) is 0 Å². The van der Waals surface area contributed by atoms with Crippen LogP contribution in [0.4, 0.5) is 11.4 Å². The molecule has 0 bridgehead atoms. The van der Waals surface area contributed by atoms with Crippen molar-refractivity contribution < 1.29 is 19.1 Å². The zero-order valence-corrected chi connectivity index (χ0v) is 19.2. The second-order valence-electron chi connectivity index (χ2n) is 7.67. The number of nitrogens with one attached hydrogen (secondary N) is 1. The van der Waals surface area contributed by atoms with E-state index in [1.807, 2.05) is 32.0 Å². The van der Waals surface area contributed by atoms with E-state index in [1.165, 1.54) is 7.11 Å². The van der Waals surface area contributed by atoms with Gasteiger partial charge in [-0.2, -0.15) is 0 Å². The van der Waals surface area contributed by atoms with E-state index in [0.717, 1.165) is 4.90 Å². The summed E-state index contributed by atoms with van der Waals surface area (Å²) in [5.41, 5.74) is 2.00. The molecule has 6 nitrogen and oxygen atoms in total. The molecule has 33 heavy (non-hydrogen) atoms. The predicted molar refractivity (Wildman–Crippen MR) is 130 cm³/mol. The summed E-state index contributed by atoms with van der Waals surface area (Å²) in [6.07, 6.45) is -0.125. The minimum absolute atomic E-state index is 0.125. The van der Waals surface area contributed by atoms with Gasteiger partial charge in [-0.15, -0.1) is 0 Å². The fourth-order valence-electron chi connectivity index (χ4n) is 3.62. The first-order chi connectivity index (χ1) is 15.9. The van der Waals surface area contributed by atoms with E-state index in [9.17, 15) is 9.59 Å². The Morgan fingerprint density at radius 2 is 1.58 bits per heavy atom. The molecule has 3 aromatic carbocycles. The van der Waals surface area contributed by atoms with Gasteiger partial charge in [0.25, 0.3) is 11.8 Å². The molecular formula is C26H23ClN2O4. The lowest BCUT2D eigenvalue weighted by atomic mass is 10.0. The Morgan fingerprint density at radius 3 is 2.24 bits per heavy atom. The van der Waals surface area contributed by atoms with Crippen LogP contribution >= 0.6 is 11.6 Å².